The minimum Gasteiger partial charge on any atom is -0.383 e. The van der Waals surface area contributed by atoms with E-state index in [2.05, 4.69) is 31.0 Å². The van der Waals surface area contributed by atoms with Gasteiger partial charge in [-0.2, -0.15) is 5.26 Å². The van der Waals surface area contributed by atoms with Crippen LogP contribution in [0.3, 0.4) is 0 Å². The van der Waals surface area contributed by atoms with Gasteiger partial charge in [0.15, 0.2) is 0 Å². The maximum Gasteiger partial charge on any atom is 0.142 e. The Kier molecular flexibility index (Phi) is 3.82. The molecule has 0 unspecified atom stereocenters. The molecule has 0 aliphatic heterocycles. The van der Waals surface area contributed by atoms with Crippen molar-refractivity contribution < 1.29 is 0 Å². The summed E-state index contributed by atoms with van der Waals surface area (Å²) >= 11 is 0. The molecular formula is C16H17N3. The summed E-state index contributed by atoms with van der Waals surface area (Å²) in [5.74, 6) is 0.931. The van der Waals surface area contributed by atoms with Crippen molar-refractivity contribution in [2.75, 3.05) is 5.73 Å². The van der Waals surface area contributed by atoms with Gasteiger partial charge in [-0.05, 0) is 30.0 Å². The third-order valence-electron chi connectivity index (χ3n) is 2.94. The van der Waals surface area contributed by atoms with E-state index in [0.29, 0.717) is 11.5 Å². The number of pyridine rings is 1. The van der Waals surface area contributed by atoms with Gasteiger partial charge >= 0.3 is 0 Å². The van der Waals surface area contributed by atoms with Crippen LogP contribution in [0.25, 0.3) is 11.3 Å². The molecule has 96 valence electrons. The van der Waals surface area contributed by atoms with E-state index in [9.17, 15) is 0 Å². The molecule has 3 heteroatoms. The molecule has 0 atom stereocenters. The second-order valence-electron chi connectivity index (χ2n) is 5.04. The second kappa shape index (κ2) is 5.53. The van der Waals surface area contributed by atoms with Crippen molar-refractivity contribution in [2.24, 2.45) is 5.92 Å². The first-order chi connectivity index (χ1) is 9.10. The summed E-state index contributed by atoms with van der Waals surface area (Å²) in [5, 5.41) is 8.83. The molecule has 19 heavy (non-hydrogen) atoms. The largest absolute Gasteiger partial charge is 0.383 e. The van der Waals surface area contributed by atoms with Crippen LogP contribution in [0.5, 0.6) is 0 Å². The SMILES string of the molecule is CC(C)Cc1ccc(-c2ccc(C#N)c(N)n2)cc1. The lowest BCUT2D eigenvalue weighted by Gasteiger charge is -2.07. The fourth-order valence-corrected chi connectivity index (χ4v) is 2.01. The van der Waals surface area contributed by atoms with Crippen LogP contribution in [-0.4, -0.2) is 4.98 Å². The third kappa shape index (κ3) is 3.11. The molecule has 1 aromatic carbocycles. The lowest BCUT2D eigenvalue weighted by Crippen LogP contribution is -1.97. The van der Waals surface area contributed by atoms with E-state index in [1.165, 1.54) is 5.56 Å². The van der Waals surface area contributed by atoms with Crippen LogP contribution in [0.2, 0.25) is 0 Å². The Morgan fingerprint density at radius 3 is 2.37 bits per heavy atom. The molecule has 2 rings (SSSR count). The highest BCUT2D eigenvalue weighted by molar-refractivity contribution is 5.63. The predicted octanol–water partition coefficient (Wildman–Crippen LogP) is 3.40. The molecule has 0 spiro atoms. The van der Waals surface area contributed by atoms with Crippen LogP contribution in [0.15, 0.2) is 36.4 Å². The zero-order valence-electron chi connectivity index (χ0n) is 11.2. The Morgan fingerprint density at radius 1 is 1.16 bits per heavy atom. The first-order valence-corrected chi connectivity index (χ1v) is 6.36. The van der Waals surface area contributed by atoms with E-state index in [-0.39, 0.29) is 5.82 Å². The van der Waals surface area contributed by atoms with Crippen LogP contribution in [-0.2, 0) is 6.42 Å². The second-order valence-corrected chi connectivity index (χ2v) is 5.04. The molecule has 3 nitrogen and oxygen atoms in total. The fraction of sp³-hybridized carbons (Fsp3) is 0.250. The first kappa shape index (κ1) is 13.1. The lowest BCUT2D eigenvalue weighted by atomic mass is 10.0. The maximum absolute atomic E-state index is 8.83. The molecule has 0 aliphatic rings. The predicted molar refractivity (Wildman–Crippen MR) is 77.3 cm³/mol. The van der Waals surface area contributed by atoms with E-state index < -0.39 is 0 Å². The van der Waals surface area contributed by atoms with Gasteiger partial charge in [0.05, 0.1) is 11.3 Å². The van der Waals surface area contributed by atoms with Crippen molar-refractivity contribution in [3.8, 4) is 17.3 Å². The molecular weight excluding hydrogens is 234 g/mol. The smallest absolute Gasteiger partial charge is 0.142 e. The molecule has 0 radical (unpaired) electrons. The van der Waals surface area contributed by atoms with Crippen molar-refractivity contribution in [2.45, 2.75) is 20.3 Å². The highest BCUT2D eigenvalue weighted by Crippen LogP contribution is 2.21. The molecule has 0 saturated carbocycles. The number of aromatic nitrogens is 1. The van der Waals surface area contributed by atoms with Gasteiger partial charge in [-0.15, -0.1) is 0 Å². The third-order valence-corrected chi connectivity index (χ3v) is 2.94. The number of nitriles is 1. The average molecular weight is 251 g/mol. The Balaban J connectivity index is 2.27. The highest BCUT2D eigenvalue weighted by Gasteiger charge is 2.04. The normalized spacial score (nSPS) is 10.4. The van der Waals surface area contributed by atoms with Crippen LogP contribution in [0.4, 0.5) is 5.82 Å². The summed E-state index contributed by atoms with van der Waals surface area (Å²) < 4.78 is 0. The summed E-state index contributed by atoms with van der Waals surface area (Å²) in [5.41, 5.74) is 9.28. The summed E-state index contributed by atoms with van der Waals surface area (Å²) in [6, 6.07) is 13.9. The Labute approximate surface area is 113 Å². The Hall–Kier alpha value is -2.34. The molecule has 0 bridgehead atoms. The highest BCUT2D eigenvalue weighted by atomic mass is 14.8. The number of hydrogen-bond donors (Lipinski definition) is 1. The van der Waals surface area contributed by atoms with Gasteiger partial charge < -0.3 is 5.73 Å². The van der Waals surface area contributed by atoms with Crippen molar-refractivity contribution >= 4 is 5.82 Å². The van der Waals surface area contributed by atoms with Gasteiger partial charge in [0.25, 0.3) is 0 Å². The number of hydrogen-bond acceptors (Lipinski definition) is 3. The van der Waals surface area contributed by atoms with Crippen LogP contribution in [0.1, 0.15) is 25.0 Å². The molecule has 0 fully saturated rings. The summed E-state index contributed by atoms with van der Waals surface area (Å²) in [7, 11) is 0. The number of nitrogen functional groups attached to an aromatic ring is 1. The van der Waals surface area contributed by atoms with Gasteiger partial charge in [-0.3, -0.25) is 0 Å². The van der Waals surface area contributed by atoms with Crippen molar-refractivity contribution in [1.29, 1.82) is 5.26 Å². The van der Waals surface area contributed by atoms with Gasteiger partial charge in [0.1, 0.15) is 11.9 Å². The molecule has 1 heterocycles. The zero-order chi connectivity index (χ0) is 13.8. The monoisotopic (exact) mass is 251 g/mol. The molecule has 1 aromatic heterocycles. The number of benzene rings is 1. The number of rotatable bonds is 3. The van der Waals surface area contributed by atoms with Crippen molar-refractivity contribution in [3.05, 3.63) is 47.5 Å². The molecule has 0 saturated heterocycles. The number of nitrogens with zero attached hydrogens (tertiary/aromatic N) is 2. The molecule has 0 aliphatic carbocycles. The van der Waals surface area contributed by atoms with E-state index >= 15 is 0 Å². The molecule has 2 aromatic rings. The van der Waals surface area contributed by atoms with Crippen molar-refractivity contribution in [1.82, 2.24) is 4.98 Å². The maximum atomic E-state index is 8.83. The molecule has 0 amide bonds. The van der Waals surface area contributed by atoms with Crippen LogP contribution < -0.4 is 5.73 Å². The van der Waals surface area contributed by atoms with E-state index in [0.717, 1.165) is 17.7 Å². The van der Waals surface area contributed by atoms with Gasteiger partial charge in [-0.1, -0.05) is 38.1 Å². The Bertz CT molecular complexity index is 607. The number of anilines is 1. The van der Waals surface area contributed by atoms with Crippen LogP contribution in [0, 0.1) is 17.2 Å². The fourth-order valence-electron chi connectivity index (χ4n) is 2.01. The van der Waals surface area contributed by atoms with E-state index in [1.54, 1.807) is 6.07 Å². The zero-order valence-corrected chi connectivity index (χ0v) is 11.2. The number of nitrogens with two attached hydrogens (primary N) is 1. The first-order valence-electron chi connectivity index (χ1n) is 6.36. The topological polar surface area (TPSA) is 62.7 Å². The summed E-state index contributed by atoms with van der Waals surface area (Å²) in [6.45, 7) is 4.41. The van der Waals surface area contributed by atoms with E-state index in [1.807, 2.05) is 24.3 Å². The van der Waals surface area contributed by atoms with Gasteiger partial charge in [0.2, 0.25) is 0 Å². The summed E-state index contributed by atoms with van der Waals surface area (Å²) in [4.78, 5) is 4.26. The quantitative estimate of drug-likeness (QED) is 0.909. The average Bonchev–Trinajstić information content (AvgIpc) is 2.39. The Morgan fingerprint density at radius 2 is 1.84 bits per heavy atom. The minimum atomic E-state index is 0.284. The van der Waals surface area contributed by atoms with Gasteiger partial charge in [-0.25, -0.2) is 4.98 Å². The standard InChI is InChI=1S/C16H17N3/c1-11(2)9-12-3-5-13(6-4-12)15-8-7-14(10-17)16(18)19-15/h3-8,11H,9H2,1-2H3,(H2,18,19). The lowest BCUT2D eigenvalue weighted by molar-refractivity contribution is 0.647. The minimum absolute atomic E-state index is 0.284. The molecule has 2 N–H and O–H groups in total. The van der Waals surface area contributed by atoms with Crippen LogP contribution >= 0.6 is 0 Å². The van der Waals surface area contributed by atoms with Gasteiger partial charge in [0, 0.05) is 5.56 Å². The summed E-state index contributed by atoms with van der Waals surface area (Å²) in [6.07, 6.45) is 1.07. The van der Waals surface area contributed by atoms with Crippen molar-refractivity contribution in [3.63, 3.8) is 0 Å². The van der Waals surface area contributed by atoms with E-state index in [4.69, 9.17) is 11.0 Å².